The number of hydrogen-bond donors (Lipinski definition) is 0. The Bertz CT molecular complexity index is 359. The van der Waals surface area contributed by atoms with Crippen molar-refractivity contribution in [3.05, 3.63) is 0 Å². The number of ether oxygens (including phenoxy) is 1. The second-order valence-corrected chi connectivity index (χ2v) is 6.70. The van der Waals surface area contributed by atoms with E-state index in [1.165, 1.54) is 0 Å². The number of carbonyl (C=O) groups excluding carboxylic acids is 2. The standard InChI is InChI=1S/C15H25NO3/c1-15(2,3)19-14(18)16-10-6-8-12(16)11-7-4-5-9-13(11)17/h11-12H,4-10H2,1-3H3. The average Bonchev–Trinajstić information content (AvgIpc) is 2.76. The smallest absolute Gasteiger partial charge is 0.410 e. The van der Waals surface area contributed by atoms with E-state index in [0.29, 0.717) is 12.2 Å². The Hall–Kier alpha value is -1.06. The Morgan fingerprint density at radius 1 is 1.21 bits per heavy atom. The fourth-order valence-corrected chi connectivity index (χ4v) is 3.17. The first-order valence-corrected chi connectivity index (χ1v) is 7.41. The van der Waals surface area contributed by atoms with E-state index in [1.54, 1.807) is 4.90 Å². The Morgan fingerprint density at radius 2 is 1.95 bits per heavy atom. The SMILES string of the molecule is CC(C)(C)OC(=O)N1CCCC1C1CCCCC1=O. The summed E-state index contributed by atoms with van der Waals surface area (Å²) in [5, 5.41) is 0. The zero-order valence-electron chi connectivity index (χ0n) is 12.3. The van der Waals surface area contributed by atoms with Gasteiger partial charge >= 0.3 is 6.09 Å². The highest BCUT2D eigenvalue weighted by molar-refractivity contribution is 5.83. The van der Waals surface area contributed by atoms with Crippen LogP contribution >= 0.6 is 0 Å². The maximum atomic E-state index is 12.2. The van der Waals surface area contributed by atoms with E-state index >= 15 is 0 Å². The molecule has 2 fully saturated rings. The van der Waals surface area contributed by atoms with E-state index in [2.05, 4.69) is 0 Å². The molecule has 0 bridgehead atoms. The third-order valence-electron chi connectivity index (χ3n) is 3.99. The molecule has 2 aliphatic rings. The molecule has 1 saturated heterocycles. The molecule has 108 valence electrons. The largest absolute Gasteiger partial charge is 0.444 e. The fraction of sp³-hybridized carbons (Fsp3) is 0.867. The number of likely N-dealkylation sites (tertiary alicyclic amines) is 1. The highest BCUT2D eigenvalue weighted by atomic mass is 16.6. The monoisotopic (exact) mass is 267 g/mol. The van der Waals surface area contributed by atoms with E-state index in [1.807, 2.05) is 20.8 Å². The van der Waals surface area contributed by atoms with Crippen LogP contribution < -0.4 is 0 Å². The van der Waals surface area contributed by atoms with Crippen LogP contribution in [0.3, 0.4) is 0 Å². The Morgan fingerprint density at radius 3 is 2.58 bits per heavy atom. The molecule has 1 amide bonds. The first-order chi connectivity index (χ1) is 8.88. The number of amides is 1. The van der Waals surface area contributed by atoms with Crippen LogP contribution in [-0.4, -0.2) is 35.0 Å². The van der Waals surface area contributed by atoms with Gasteiger partial charge in [-0.25, -0.2) is 4.79 Å². The van der Waals surface area contributed by atoms with Gasteiger partial charge in [0.2, 0.25) is 0 Å². The maximum Gasteiger partial charge on any atom is 0.410 e. The lowest BCUT2D eigenvalue weighted by Crippen LogP contribution is -2.45. The van der Waals surface area contributed by atoms with Gasteiger partial charge in [0.05, 0.1) is 0 Å². The van der Waals surface area contributed by atoms with Gasteiger partial charge < -0.3 is 9.64 Å². The molecule has 0 N–H and O–H groups in total. The minimum absolute atomic E-state index is 0.0452. The van der Waals surface area contributed by atoms with Gasteiger partial charge in [0.1, 0.15) is 11.4 Å². The maximum absolute atomic E-state index is 12.2. The Labute approximate surface area is 115 Å². The van der Waals surface area contributed by atoms with Crippen LogP contribution in [-0.2, 0) is 9.53 Å². The summed E-state index contributed by atoms with van der Waals surface area (Å²) in [6.07, 6.45) is 5.40. The summed E-state index contributed by atoms with van der Waals surface area (Å²) in [4.78, 5) is 26.1. The summed E-state index contributed by atoms with van der Waals surface area (Å²) in [5.74, 6) is 0.385. The van der Waals surface area contributed by atoms with E-state index in [4.69, 9.17) is 4.74 Å². The molecule has 19 heavy (non-hydrogen) atoms. The number of carbonyl (C=O) groups is 2. The predicted octanol–water partition coefficient (Wildman–Crippen LogP) is 3.15. The van der Waals surface area contributed by atoms with Gasteiger partial charge in [-0.05, 0) is 46.5 Å². The van der Waals surface area contributed by atoms with Gasteiger partial charge in [0, 0.05) is 24.9 Å². The summed E-state index contributed by atoms with van der Waals surface area (Å²) in [6, 6.07) is 0.0719. The van der Waals surface area contributed by atoms with Gasteiger partial charge in [-0.3, -0.25) is 4.79 Å². The molecule has 4 nitrogen and oxygen atoms in total. The summed E-state index contributed by atoms with van der Waals surface area (Å²) >= 11 is 0. The molecule has 0 spiro atoms. The lowest BCUT2D eigenvalue weighted by atomic mass is 9.82. The molecule has 0 aromatic rings. The molecule has 0 aromatic carbocycles. The molecule has 4 heteroatoms. The van der Waals surface area contributed by atoms with Crippen molar-refractivity contribution in [2.45, 2.75) is 70.9 Å². The minimum atomic E-state index is -0.471. The zero-order valence-corrected chi connectivity index (χ0v) is 12.3. The molecule has 1 heterocycles. The van der Waals surface area contributed by atoms with Gasteiger partial charge in [0.15, 0.2) is 0 Å². The van der Waals surface area contributed by atoms with Crippen LogP contribution in [0.25, 0.3) is 0 Å². The summed E-state index contributed by atoms with van der Waals surface area (Å²) in [7, 11) is 0. The average molecular weight is 267 g/mol. The van der Waals surface area contributed by atoms with Crippen LogP contribution in [0.4, 0.5) is 4.79 Å². The van der Waals surface area contributed by atoms with Crippen molar-refractivity contribution in [1.82, 2.24) is 4.90 Å². The number of hydrogen-bond acceptors (Lipinski definition) is 3. The van der Waals surface area contributed by atoms with Crippen molar-refractivity contribution in [3.63, 3.8) is 0 Å². The van der Waals surface area contributed by atoms with E-state index in [0.717, 1.165) is 38.6 Å². The molecule has 0 radical (unpaired) electrons. The molecule has 2 rings (SSSR count). The molecule has 2 atom stereocenters. The topological polar surface area (TPSA) is 46.6 Å². The summed E-state index contributed by atoms with van der Waals surface area (Å²) < 4.78 is 5.45. The van der Waals surface area contributed by atoms with Gasteiger partial charge in [0.25, 0.3) is 0 Å². The molecule has 0 aromatic heterocycles. The first-order valence-electron chi connectivity index (χ1n) is 7.41. The summed E-state index contributed by atoms with van der Waals surface area (Å²) in [6.45, 7) is 6.36. The zero-order chi connectivity index (χ0) is 14.0. The number of rotatable bonds is 1. The van der Waals surface area contributed by atoms with Gasteiger partial charge in [-0.2, -0.15) is 0 Å². The number of nitrogens with zero attached hydrogens (tertiary/aromatic N) is 1. The van der Waals surface area contributed by atoms with Crippen molar-refractivity contribution in [1.29, 1.82) is 0 Å². The highest BCUT2D eigenvalue weighted by Gasteiger charge is 2.40. The normalized spacial score (nSPS) is 28.6. The van der Waals surface area contributed by atoms with E-state index in [9.17, 15) is 9.59 Å². The first kappa shape index (κ1) is 14.4. The molecule has 1 aliphatic heterocycles. The van der Waals surface area contributed by atoms with Crippen LogP contribution in [0.1, 0.15) is 59.3 Å². The van der Waals surface area contributed by atoms with Crippen LogP contribution in [0.15, 0.2) is 0 Å². The fourth-order valence-electron chi connectivity index (χ4n) is 3.17. The molecular formula is C15H25NO3. The van der Waals surface area contributed by atoms with Gasteiger partial charge in [-0.1, -0.05) is 6.42 Å². The van der Waals surface area contributed by atoms with E-state index in [-0.39, 0.29) is 18.1 Å². The van der Waals surface area contributed by atoms with E-state index < -0.39 is 5.60 Å². The second-order valence-electron chi connectivity index (χ2n) is 6.70. The number of ketones is 1. The third-order valence-corrected chi connectivity index (χ3v) is 3.99. The van der Waals surface area contributed by atoms with Crippen molar-refractivity contribution in [3.8, 4) is 0 Å². The molecule has 1 saturated carbocycles. The lowest BCUT2D eigenvalue weighted by Gasteiger charge is -2.34. The molecular weight excluding hydrogens is 242 g/mol. The Kier molecular flexibility index (Phi) is 4.16. The van der Waals surface area contributed by atoms with Crippen LogP contribution in [0.2, 0.25) is 0 Å². The minimum Gasteiger partial charge on any atom is -0.444 e. The molecule has 1 aliphatic carbocycles. The predicted molar refractivity (Wildman–Crippen MR) is 72.9 cm³/mol. The van der Waals surface area contributed by atoms with Crippen molar-refractivity contribution in [2.75, 3.05) is 6.54 Å². The number of Topliss-reactive ketones (excluding diaryl/α,β-unsaturated/α-hetero) is 1. The third kappa shape index (κ3) is 3.48. The van der Waals surface area contributed by atoms with Crippen molar-refractivity contribution >= 4 is 11.9 Å². The highest BCUT2D eigenvalue weighted by Crippen LogP contribution is 2.33. The van der Waals surface area contributed by atoms with Crippen LogP contribution in [0.5, 0.6) is 0 Å². The van der Waals surface area contributed by atoms with Crippen LogP contribution in [0, 0.1) is 5.92 Å². The Balaban J connectivity index is 2.04. The molecule has 2 unspecified atom stereocenters. The lowest BCUT2D eigenvalue weighted by molar-refractivity contribution is -0.126. The van der Waals surface area contributed by atoms with Crippen molar-refractivity contribution < 1.29 is 14.3 Å². The second kappa shape index (κ2) is 5.51. The quantitative estimate of drug-likeness (QED) is 0.733. The van der Waals surface area contributed by atoms with Crippen molar-refractivity contribution in [2.24, 2.45) is 5.92 Å². The summed E-state index contributed by atoms with van der Waals surface area (Å²) in [5.41, 5.74) is -0.471. The van der Waals surface area contributed by atoms with Gasteiger partial charge in [-0.15, -0.1) is 0 Å².